The minimum absolute atomic E-state index is 0.293. The summed E-state index contributed by atoms with van der Waals surface area (Å²) in [5, 5.41) is 3.88. The van der Waals surface area contributed by atoms with Gasteiger partial charge in [-0.3, -0.25) is 0 Å². The molecule has 0 saturated heterocycles. The fourth-order valence-corrected chi connectivity index (χ4v) is 8.82. The number of nitrogens with zero attached hydrogens (tertiary/aromatic N) is 1. The molecule has 4 rings (SSSR count). The maximum atomic E-state index is 6.75. The topological polar surface area (TPSA) is 12.5 Å². The van der Waals surface area contributed by atoms with Crippen LogP contribution in [0.3, 0.4) is 0 Å². The Kier molecular flexibility index (Phi) is 7.49. The molecule has 156 valence electrons. The molecule has 0 bridgehead atoms. The summed E-state index contributed by atoms with van der Waals surface area (Å²) in [6, 6.07) is 42.8. The summed E-state index contributed by atoms with van der Waals surface area (Å²) in [4.78, 5) is 0. The summed E-state index contributed by atoms with van der Waals surface area (Å²) in [5.74, 6) is 0.902. The van der Waals surface area contributed by atoms with Crippen molar-refractivity contribution in [2.75, 3.05) is 0 Å². The Hall–Kier alpha value is -2.50. The zero-order valence-electron chi connectivity index (χ0n) is 17.9. The Morgan fingerprint density at radius 2 is 0.935 bits per heavy atom. The van der Waals surface area contributed by atoms with Gasteiger partial charge in [0, 0.05) is 19.4 Å². The Bertz CT molecular complexity index is 1000. The van der Waals surface area contributed by atoms with Crippen molar-refractivity contribution >= 4 is 32.3 Å². The number of benzene rings is 4. The van der Waals surface area contributed by atoms with E-state index in [1.165, 1.54) is 15.9 Å². The van der Waals surface area contributed by atoms with Gasteiger partial charge in [0.25, 0.3) is 0 Å². The van der Waals surface area contributed by atoms with Gasteiger partial charge in [0.1, 0.15) is 5.75 Å². The summed E-state index contributed by atoms with van der Waals surface area (Å²) in [6.07, 6.45) is 0. The molecule has 4 aromatic rings. The molecule has 31 heavy (non-hydrogen) atoms. The van der Waals surface area contributed by atoms with Crippen molar-refractivity contribution < 1.29 is 4.52 Å². The Morgan fingerprint density at radius 1 is 0.548 bits per heavy atom. The maximum absolute atomic E-state index is 6.75. The number of hydrogen-bond donors (Lipinski definition) is 0. The van der Waals surface area contributed by atoms with Gasteiger partial charge in [0.2, 0.25) is 8.30 Å². The first-order valence-electron chi connectivity index (χ1n) is 10.5. The average Bonchev–Trinajstić information content (AvgIpc) is 2.83. The van der Waals surface area contributed by atoms with E-state index in [-0.39, 0.29) is 0 Å². The van der Waals surface area contributed by atoms with Gasteiger partial charge in [0.05, 0.1) is 0 Å². The second kappa shape index (κ2) is 10.7. The fourth-order valence-electron chi connectivity index (χ4n) is 3.40. The van der Waals surface area contributed by atoms with Crippen LogP contribution in [0.25, 0.3) is 0 Å². The molecule has 0 saturated carbocycles. The first-order chi connectivity index (χ1) is 15.2. The molecule has 0 aliphatic heterocycles. The van der Waals surface area contributed by atoms with Crippen LogP contribution in [0.2, 0.25) is 0 Å². The van der Waals surface area contributed by atoms with Crippen molar-refractivity contribution in [2.45, 2.75) is 19.9 Å². The van der Waals surface area contributed by atoms with Gasteiger partial charge in [0.15, 0.2) is 0 Å². The molecule has 0 spiro atoms. The molecule has 0 N–H and O–H groups in total. The van der Waals surface area contributed by atoms with E-state index >= 15 is 0 Å². The van der Waals surface area contributed by atoms with Crippen LogP contribution in [0.5, 0.6) is 5.75 Å². The minimum Gasteiger partial charge on any atom is -0.453 e. The molecule has 0 aliphatic rings. The predicted octanol–water partition coefficient (Wildman–Crippen LogP) is 6.46. The molecule has 4 aromatic carbocycles. The highest BCUT2D eigenvalue weighted by Crippen LogP contribution is 2.56. The largest absolute Gasteiger partial charge is 0.453 e. The minimum atomic E-state index is -1.06. The van der Waals surface area contributed by atoms with Crippen LogP contribution in [0.1, 0.15) is 13.8 Å². The van der Waals surface area contributed by atoms with Crippen LogP contribution < -0.4 is 20.4 Å². The molecular weight excluding hydrogens is 416 g/mol. The van der Waals surface area contributed by atoms with Crippen LogP contribution in [-0.2, 0) is 0 Å². The third-order valence-corrected chi connectivity index (χ3v) is 10.2. The van der Waals surface area contributed by atoms with Gasteiger partial charge in [-0.25, -0.2) is 4.44 Å². The second-order valence-electron chi connectivity index (χ2n) is 7.41. The monoisotopic (exact) mass is 443 g/mol. The third-order valence-electron chi connectivity index (χ3n) is 4.77. The van der Waals surface area contributed by atoms with E-state index in [0.29, 0.717) is 6.04 Å². The Balaban J connectivity index is 1.85. The highest BCUT2D eigenvalue weighted by Gasteiger charge is 2.34. The number of para-hydroxylation sites is 1. The molecule has 0 amide bonds. The van der Waals surface area contributed by atoms with E-state index in [1.54, 1.807) is 0 Å². The van der Waals surface area contributed by atoms with E-state index in [9.17, 15) is 0 Å². The van der Waals surface area contributed by atoms with Crippen molar-refractivity contribution in [2.24, 2.45) is 0 Å². The average molecular weight is 443 g/mol. The van der Waals surface area contributed by atoms with Crippen LogP contribution in [-0.4, -0.2) is 10.5 Å². The van der Waals surface area contributed by atoms with Gasteiger partial charge in [-0.05, 0) is 48.7 Å². The van der Waals surface area contributed by atoms with E-state index in [1.807, 2.05) is 30.3 Å². The van der Waals surface area contributed by atoms with E-state index in [4.69, 9.17) is 4.52 Å². The first-order valence-corrected chi connectivity index (χ1v) is 13.0. The lowest BCUT2D eigenvalue weighted by atomic mass is 10.3. The molecule has 4 heteroatoms. The smallest absolute Gasteiger partial charge is 0.201 e. The van der Waals surface area contributed by atoms with Gasteiger partial charge < -0.3 is 4.52 Å². The summed E-state index contributed by atoms with van der Waals surface area (Å²) in [5.41, 5.74) is 0. The highest BCUT2D eigenvalue weighted by molar-refractivity contribution is 7.80. The number of hydrogen-bond acceptors (Lipinski definition) is 2. The van der Waals surface area contributed by atoms with Crippen molar-refractivity contribution in [3.8, 4) is 5.75 Å². The van der Waals surface area contributed by atoms with Crippen LogP contribution in [0, 0.1) is 0 Å². The number of rotatable bonds is 8. The normalized spacial score (nSPS) is 12.3. The summed E-state index contributed by atoms with van der Waals surface area (Å²) < 4.78 is 9.35. The molecular formula is C27H27NOP2. The molecule has 0 fully saturated rings. The van der Waals surface area contributed by atoms with E-state index in [2.05, 4.69) is 109 Å². The van der Waals surface area contributed by atoms with E-state index < -0.39 is 16.4 Å². The summed E-state index contributed by atoms with van der Waals surface area (Å²) in [6.45, 7) is 4.54. The quantitative estimate of drug-likeness (QED) is 0.290. The zero-order chi connectivity index (χ0) is 21.5. The van der Waals surface area contributed by atoms with Crippen LogP contribution >= 0.6 is 16.4 Å². The van der Waals surface area contributed by atoms with Gasteiger partial charge in [-0.15, -0.1) is 0 Å². The van der Waals surface area contributed by atoms with E-state index in [0.717, 1.165) is 5.75 Å². The summed E-state index contributed by atoms with van der Waals surface area (Å²) >= 11 is 0. The zero-order valence-corrected chi connectivity index (χ0v) is 19.7. The van der Waals surface area contributed by atoms with Crippen molar-refractivity contribution in [3.05, 3.63) is 121 Å². The van der Waals surface area contributed by atoms with Gasteiger partial charge in [-0.2, -0.15) is 0 Å². The second-order valence-corrected chi connectivity index (χ2v) is 11.5. The van der Waals surface area contributed by atoms with Gasteiger partial charge in [-0.1, -0.05) is 97.1 Å². The lowest BCUT2D eigenvalue weighted by Gasteiger charge is -2.40. The van der Waals surface area contributed by atoms with Crippen LogP contribution in [0.4, 0.5) is 0 Å². The maximum Gasteiger partial charge on any atom is 0.201 e. The lowest BCUT2D eigenvalue weighted by molar-refractivity contribution is 0.509. The third kappa shape index (κ3) is 5.41. The first kappa shape index (κ1) is 21.7. The standard InChI is InChI=1S/C27H27NOP2/c1-23(2)28(30(25-17-9-4-10-18-25)26-19-11-5-12-20-26)31(27-21-13-6-14-22-27)29-24-15-7-3-8-16-24/h3-23H,1-2H3. The molecule has 1 unspecified atom stereocenters. The molecule has 0 radical (unpaired) electrons. The predicted molar refractivity (Wildman–Crippen MR) is 136 cm³/mol. The Morgan fingerprint density at radius 3 is 1.35 bits per heavy atom. The SMILES string of the molecule is CC(C)N(P(Oc1ccccc1)c1ccccc1)P(c1ccccc1)c1ccccc1. The van der Waals surface area contributed by atoms with Crippen molar-refractivity contribution in [1.82, 2.24) is 4.44 Å². The molecule has 1 atom stereocenters. The van der Waals surface area contributed by atoms with Crippen molar-refractivity contribution in [3.63, 3.8) is 0 Å². The highest BCUT2D eigenvalue weighted by atomic mass is 31.2. The van der Waals surface area contributed by atoms with Crippen molar-refractivity contribution in [1.29, 1.82) is 0 Å². The molecule has 0 aromatic heterocycles. The molecule has 0 aliphatic carbocycles. The fraction of sp³-hybridized carbons (Fsp3) is 0.111. The Labute approximate surface area is 188 Å². The molecule has 2 nitrogen and oxygen atoms in total. The molecule has 0 heterocycles. The lowest BCUT2D eigenvalue weighted by Crippen LogP contribution is -2.34. The summed E-state index contributed by atoms with van der Waals surface area (Å²) in [7, 11) is -1.84. The van der Waals surface area contributed by atoms with Crippen LogP contribution in [0.15, 0.2) is 121 Å². The van der Waals surface area contributed by atoms with Gasteiger partial charge >= 0.3 is 0 Å².